The molecule has 0 radical (unpaired) electrons. The SMILES string of the molecule is [N-]=[N+]=NCC=Cc1[nH]nc2nc[nH]c(=O)c12. The molecule has 2 aromatic heterocycles. The minimum atomic E-state index is -0.262. The summed E-state index contributed by atoms with van der Waals surface area (Å²) in [5.41, 5.74) is 8.71. The third-order valence-corrected chi connectivity index (χ3v) is 1.92. The van der Waals surface area contributed by atoms with E-state index < -0.39 is 0 Å². The van der Waals surface area contributed by atoms with Crippen LogP contribution in [0, 0.1) is 0 Å². The molecule has 0 aliphatic heterocycles. The van der Waals surface area contributed by atoms with E-state index in [1.165, 1.54) is 6.33 Å². The number of aromatic nitrogens is 4. The predicted molar refractivity (Wildman–Crippen MR) is 57.6 cm³/mol. The first-order chi connectivity index (χ1) is 7.83. The van der Waals surface area contributed by atoms with Crippen molar-refractivity contribution in [3.63, 3.8) is 0 Å². The molecule has 2 heterocycles. The van der Waals surface area contributed by atoms with Gasteiger partial charge in [-0.05, 0) is 11.6 Å². The lowest BCUT2D eigenvalue weighted by atomic mass is 10.3. The van der Waals surface area contributed by atoms with Crippen LogP contribution in [0.25, 0.3) is 27.6 Å². The zero-order valence-electron chi connectivity index (χ0n) is 8.08. The number of aromatic amines is 2. The van der Waals surface area contributed by atoms with Crippen molar-refractivity contribution in [2.75, 3.05) is 6.54 Å². The zero-order chi connectivity index (χ0) is 11.4. The lowest BCUT2D eigenvalue weighted by Crippen LogP contribution is -2.05. The van der Waals surface area contributed by atoms with Crippen LogP contribution in [0.15, 0.2) is 22.3 Å². The van der Waals surface area contributed by atoms with Crippen LogP contribution in [-0.4, -0.2) is 26.7 Å². The van der Waals surface area contributed by atoms with Gasteiger partial charge in [-0.2, -0.15) is 5.10 Å². The van der Waals surface area contributed by atoms with Crippen LogP contribution in [0.2, 0.25) is 0 Å². The standard InChI is InChI=1S/C8H7N7O/c9-15-12-3-1-2-5-6-7(14-13-5)10-4-11-8(6)16/h1-2,4H,3H2,(H2,10,11,13,14,16). The van der Waals surface area contributed by atoms with E-state index in [1.54, 1.807) is 12.2 Å². The van der Waals surface area contributed by atoms with Crippen LogP contribution in [0.3, 0.4) is 0 Å². The number of H-pyrrole nitrogens is 2. The monoisotopic (exact) mass is 217 g/mol. The molecule has 0 aliphatic rings. The maximum absolute atomic E-state index is 11.5. The first-order valence-electron chi connectivity index (χ1n) is 4.42. The summed E-state index contributed by atoms with van der Waals surface area (Å²) in [6.45, 7) is 0.217. The number of nitrogens with zero attached hydrogens (tertiary/aromatic N) is 5. The van der Waals surface area contributed by atoms with Gasteiger partial charge in [-0.1, -0.05) is 11.2 Å². The molecule has 0 aliphatic carbocycles. The van der Waals surface area contributed by atoms with Crippen LogP contribution in [0.5, 0.6) is 0 Å². The minimum absolute atomic E-state index is 0.217. The molecular formula is C8H7N7O. The van der Waals surface area contributed by atoms with Crippen molar-refractivity contribution in [3.05, 3.63) is 38.9 Å². The van der Waals surface area contributed by atoms with E-state index in [4.69, 9.17) is 5.53 Å². The summed E-state index contributed by atoms with van der Waals surface area (Å²) in [5.74, 6) is 0. The number of fused-ring (bicyclic) bond motifs is 1. The van der Waals surface area contributed by atoms with Gasteiger partial charge in [0.25, 0.3) is 5.56 Å². The molecule has 0 bridgehead atoms. The number of hydrogen-bond donors (Lipinski definition) is 2. The summed E-state index contributed by atoms with van der Waals surface area (Å²) in [6.07, 6.45) is 4.54. The second kappa shape index (κ2) is 4.28. The van der Waals surface area contributed by atoms with E-state index in [-0.39, 0.29) is 12.1 Å². The molecular weight excluding hydrogens is 210 g/mol. The highest BCUT2D eigenvalue weighted by molar-refractivity contribution is 5.82. The van der Waals surface area contributed by atoms with Crippen molar-refractivity contribution in [2.45, 2.75) is 0 Å². The first kappa shape index (κ1) is 9.94. The van der Waals surface area contributed by atoms with E-state index in [0.717, 1.165) is 0 Å². The van der Waals surface area contributed by atoms with Crippen LogP contribution in [-0.2, 0) is 0 Å². The lowest BCUT2D eigenvalue weighted by molar-refractivity contribution is 1.08. The number of nitrogens with one attached hydrogen (secondary N) is 2. The fraction of sp³-hybridized carbons (Fsp3) is 0.125. The van der Waals surface area contributed by atoms with Gasteiger partial charge in [-0.3, -0.25) is 9.89 Å². The predicted octanol–water partition coefficient (Wildman–Crippen LogP) is 0.970. The third-order valence-electron chi connectivity index (χ3n) is 1.92. The molecule has 2 rings (SSSR count). The Balaban J connectivity index is 2.42. The number of azide groups is 1. The molecule has 0 spiro atoms. The summed E-state index contributed by atoms with van der Waals surface area (Å²) in [5, 5.41) is 10.3. The quantitative estimate of drug-likeness (QED) is 0.452. The second-order valence-electron chi connectivity index (χ2n) is 2.88. The number of rotatable bonds is 3. The van der Waals surface area contributed by atoms with Crippen molar-refractivity contribution in [3.8, 4) is 0 Å². The molecule has 0 aromatic carbocycles. The Hall–Kier alpha value is -2.60. The summed E-state index contributed by atoms with van der Waals surface area (Å²) >= 11 is 0. The van der Waals surface area contributed by atoms with Crippen LogP contribution >= 0.6 is 0 Å². The van der Waals surface area contributed by atoms with Gasteiger partial charge >= 0.3 is 0 Å². The van der Waals surface area contributed by atoms with Gasteiger partial charge in [0.2, 0.25) is 0 Å². The summed E-state index contributed by atoms with van der Waals surface area (Å²) in [7, 11) is 0. The molecule has 0 saturated heterocycles. The Morgan fingerprint density at radius 2 is 2.50 bits per heavy atom. The lowest BCUT2D eigenvalue weighted by Gasteiger charge is -1.87. The van der Waals surface area contributed by atoms with Crippen LogP contribution in [0.4, 0.5) is 0 Å². The molecule has 2 N–H and O–H groups in total. The normalized spacial score (nSPS) is 10.8. The molecule has 0 unspecified atom stereocenters. The molecule has 0 amide bonds. The maximum atomic E-state index is 11.5. The van der Waals surface area contributed by atoms with Gasteiger partial charge in [-0.15, -0.1) is 0 Å². The Labute approximate surface area is 88.7 Å². The topological polar surface area (TPSA) is 123 Å². The molecule has 8 heteroatoms. The van der Waals surface area contributed by atoms with Gasteiger partial charge in [-0.25, -0.2) is 4.98 Å². The summed E-state index contributed by atoms with van der Waals surface area (Å²) in [6, 6.07) is 0. The Bertz CT molecular complexity index is 631. The Morgan fingerprint density at radius 1 is 1.62 bits per heavy atom. The average molecular weight is 217 g/mol. The van der Waals surface area contributed by atoms with Gasteiger partial charge < -0.3 is 4.98 Å². The first-order valence-corrected chi connectivity index (χ1v) is 4.42. The molecule has 0 atom stereocenters. The molecule has 0 saturated carbocycles. The van der Waals surface area contributed by atoms with Gasteiger partial charge in [0.15, 0.2) is 5.65 Å². The minimum Gasteiger partial charge on any atom is -0.312 e. The van der Waals surface area contributed by atoms with E-state index in [2.05, 4.69) is 30.2 Å². The average Bonchev–Trinajstić information content (AvgIpc) is 2.69. The smallest absolute Gasteiger partial charge is 0.262 e. The summed E-state index contributed by atoms with van der Waals surface area (Å²) < 4.78 is 0. The van der Waals surface area contributed by atoms with E-state index in [1.807, 2.05) is 0 Å². The molecule has 8 nitrogen and oxygen atoms in total. The van der Waals surface area contributed by atoms with Gasteiger partial charge in [0.1, 0.15) is 5.39 Å². The van der Waals surface area contributed by atoms with Gasteiger partial charge in [0, 0.05) is 11.5 Å². The van der Waals surface area contributed by atoms with Crippen molar-refractivity contribution < 1.29 is 0 Å². The Morgan fingerprint density at radius 3 is 3.31 bits per heavy atom. The van der Waals surface area contributed by atoms with E-state index in [0.29, 0.717) is 16.7 Å². The third kappa shape index (κ3) is 1.77. The molecule has 16 heavy (non-hydrogen) atoms. The summed E-state index contributed by atoms with van der Waals surface area (Å²) in [4.78, 5) is 20.4. The van der Waals surface area contributed by atoms with E-state index in [9.17, 15) is 4.79 Å². The highest BCUT2D eigenvalue weighted by atomic mass is 16.1. The zero-order valence-corrected chi connectivity index (χ0v) is 8.08. The Kier molecular flexibility index (Phi) is 2.66. The van der Waals surface area contributed by atoms with Crippen molar-refractivity contribution in [1.82, 2.24) is 20.2 Å². The molecule has 0 fully saturated rings. The number of hydrogen-bond acceptors (Lipinski definition) is 4. The maximum Gasteiger partial charge on any atom is 0.262 e. The van der Waals surface area contributed by atoms with Crippen molar-refractivity contribution in [2.24, 2.45) is 5.11 Å². The fourth-order valence-electron chi connectivity index (χ4n) is 1.26. The van der Waals surface area contributed by atoms with Crippen molar-refractivity contribution in [1.29, 1.82) is 0 Å². The van der Waals surface area contributed by atoms with E-state index >= 15 is 0 Å². The second-order valence-corrected chi connectivity index (χ2v) is 2.88. The largest absolute Gasteiger partial charge is 0.312 e. The molecule has 2 aromatic rings. The van der Waals surface area contributed by atoms with Crippen LogP contribution in [0.1, 0.15) is 5.69 Å². The van der Waals surface area contributed by atoms with Gasteiger partial charge in [0.05, 0.1) is 12.0 Å². The van der Waals surface area contributed by atoms with Crippen LogP contribution < -0.4 is 5.56 Å². The van der Waals surface area contributed by atoms with Crippen molar-refractivity contribution >= 4 is 17.1 Å². The fourth-order valence-corrected chi connectivity index (χ4v) is 1.26. The highest BCUT2D eigenvalue weighted by Gasteiger charge is 2.06. The highest BCUT2D eigenvalue weighted by Crippen LogP contribution is 2.08. The molecule has 80 valence electrons.